The molecule has 0 amide bonds. The lowest BCUT2D eigenvalue weighted by molar-refractivity contribution is -0.384. The van der Waals surface area contributed by atoms with Gasteiger partial charge in [-0.15, -0.1) is 0 Å². The van der Waals surface area contributed by atoms with Crippen LogP contribution in [0.15, 0.2) is 6.07 Å². The fourth-order valence-corrected chi connectivity index (χ4v) is 2.87. The molecule has 1 fully saturated rings. The number of esters is 1. The third kappa shape index (κ3) is 3.95. The van der Waals surface area contributed by atoms with E-state index in [-0.39, 0.29) is 23.1 Å². The second kappa shape index (κ2) is 7.36. The number of carbonyl (C=O) groups excluding carboxylic acids is 1. The molecule has 0 aromatic carbocycles. The number of pyridine rings is 1. The molecule has 0 spiro atoms. The summed E-state index contributed by atoms with van der Waals surface area (Å²) in [6, 6.07) is 1.45. The minimum Gasteiger partial charge on any atom is -0.465 e. The zero-order valence-electron chi connectivity index (χ0n) is 13.7. The first-order chi connectivity index (χ1) is 11.0. The van der Waals surface area contributed by atoms with Gasteiger partial charge in [-0.3, -0.25) is 10.1 Å². The van der Waals surface area contributed by atoms with Gasteiger partial charge in [0, 0.05) is 18.3 Å². The maximum absolute atomic E-state index is 11.8. The van der Waals surface area contributed by atoms with Gasteiger partial charge in [0.05, 0.1) is 12.0 Å². The molecule has 23 heavy (non-hydrogen) atoms. The summed E-state index contributed by atoms with van der Waals surface area (Å²) in [5.74, 6) is -0.595. The Morgan fingerprint density at radius 1 is 1.61 bits per heavy atom. The van der Waals surface area contributed by atoms with Gasteiger partial charge in [-0.1, -0.05) is 6.92 Å². The number of likely N-dealkylation sites (N-methyl/N-ethyl adjacent to an activating group) is 1. The number of hydrogen-bond donors (Lipinski definition) is 1. The predicted molar refractivity (Wildman–Crippen MR) is 85.7 cm³/mol. The first-order valence-corrected chi connectivity index (χ1v) is 7.69. The highest BCUT2D eigenvalue weighted by Crippen LogP contribution is 2.30. The van der Waals surface area contributed by atoms with E-state index in [1.165, 1.54) is 13.2 Å². The van der Waals surface area contributed by atoms with Gasteiger partial charge in [0.25, 0.3) is 0 Å². The molecule has 1 N–H and O–H groups in total. The van der Waals surface area contributed by atoms with Crippen molar-refractivity contribution < 1.29 is 14.5 Å². The summed E-state index contributed by atoms with van der Waals surface area (Å²) in [4.78, 5) is 29.2. The van der Waals surface area contributed by atoms with Gasteiger partial charge < -0.3 is 15.0 Å². The highest BCUT2D eigenvalue weighted by molar-refractivity contribution is 5.96. The van der Waals surface area contributed by atoms with Crippen LogP contribution in [-0.2, 0) is 4.74 Å². The van der Waals surface area contributed by atoms with Gasteiger partial charge in [0.2, 0.25) is 5.82 Å². The van der Waals surface area contributed by atoms with Crippen LogP contribution in [0, 0.1) is 17.0 Å². The molecule has 0 aliphatic carbocycles. The topological polar surface area (TPSA) is 97.6 Å². The molecular weight excluding hydrogens is 300 g/mol. The molecule has 0 unspecified atom stereocenters. The third-order valence-corrected chi connectivity index (χ3v) is 4.00. The number of rotatable bonds is 5. The van der Waals surface area contributed by atoms with Crippen molar-refractivity contribution >= 4 is 17.5 Å². The molecule has 1 aliphatic heterocycles. The number of hydrogen-bond acceptors (Lipinski definition) is 7. The van der Waals surface area contributed by atoms with Crippen LogP contribution in [0.3, 0.4) is 0 Å². The van der Waals surface area contributed by atoms with Gasteiger partial charge in [-0.05, 0) is 38.9 Å². The molecule has 2 heterocycles. The highest BCUT2D eigenvalue weighted by atomic mass is 16.6. The number of anilines is 1. The summed E-state index contributed by atoms with van der Waals surface area (Å²) in [6.07, 6.45) is 1.94. The monoisotopic (exact) mass is 322 g/mol. The van der Waals surface area contributed by atoms with E-state index in [2.05, 4.69) is 26.9 Å². The second-order valence-electron chi connectivity index (χ2n) is 5.63. The standard InChI is InChI=1S/C15H22N4O4/c1-4-18-7-5-6-11(9-18)17-14-13(19(21)22)12(15(20)23-3)8-10(2)16-14/h8,11H,4-7,9H2,1-3H3,(H,16,17)/t11-/m0/s1. The Balaban J connectivity index is 2.35. The van der Waals surface area contributed by atoms with E-state index >= 15 is 0 Å². The van der Waals surface area contributed by atoms with Crippen LogP contribution in [-0.4, -0.2) is 53.6 Å². The number of nitro groups is 1. The number of nitrogens with one attached hydrogen (secondary N) is 1. The Labute approximate surface area is 135 Å². The quantitative estimate of drug-likeness (QED) is 0.503. The number of aromatic nitrogens is 1. The zero-order valence-corrected chi connectivity index (χ0v) is 13.7. The predicted octanol–water partition coefficient (Wildman–Crippen LogP) is 1.98. The van der Waals surface area contributed by atoms with Crippen molar-refractivity contribution in [3.05, 3.63) is 27.4 Å². The van der Waals surface area contributed by atoms with Crippen molar-refractivity contribution in [3.63, 3.8) is 0 Å². The smallest absolute Gasteiger partial charge is 0.345 e. The molecule has 1 atom stereocenters. The van der Waals surface area contributed by atoms with E-state index in [1.54, 1.807) is 6.92 Å². The first-order valence-electron chi connectivity index (χ1n) is 7.69. The molecule has 1 aliphatic rings. The Morgan fingerprint density at radius 3 is 2.96 bits per heavy atom. The molecule has 1 aromatic heterocycles. The maximum Gasteiger partial charge on any atom is 0.345 e. The van der Waals surface area contributed by atoms with E-state index in [0.29, 0.717) is 5.69 Å². The molecule has 1 aromatic rings. The maximum atomic E-state index is 11.8. The average molecular weight is 322 g/mol. The van der Waals surface area contributed by atoms with Crippen LogP contribution in [0.25, 0.3) is 0 Å². The molecule has 0 radical (unpaired) electrons. The van der Waals surface area contributed by atoms with Crippen LogP contribution < -0.4 is 5.32 Å². The lowest BCUT2D eigenvalue weighted by Gasteiger charge is -2.32. The number of carbonyl (C=O) groups is 1. The minimum atomic E-state index is -0.732. The molecule has 126 valence electrons. The normalized spacial score (nSPS) is 18.5. The molecule has 8 heteroatoms. The number of ether oxygens (including phenoxy) is 1. The SMILES string of the molecule is CCN1CCC[C@H](Nc2nc(C)cc(C(=O)OC)c2[N+](=O)[O-])C1. The lowest BCUT2D eigenvalue weighted by atomic mass is 10.1. The Bertz CT molecular complexity index is 605. The van der Waals surface area contributed by atoms with E-state index in [0.717, 1.165) is 32.5 Å². The summed E-state index contributed by atoms with van der Waals surface area (Å²) in [5, 5.41) is 14.6. The summed E-state index contributed by atoms with van der Waals surface area (Å²) in [6.45, 7) is 6.56. The van der Waals surface area contributed by atoms with Gasteiger partial charge in [-0.2, -0.15) is 0 Å². The van der Waals surface area contributed by atoms with Crippen LogP contribution in [0.4, 0.5) is 11.5 Å². The number of aryl methyl sites for hydroxylation is 1. The number of nitrogens with zero attached hydrogens (tertiary/aromatic N) is 3. The molecule has 2 rings (SSSR count). The van der Waals surface area contributed by atoms with Crippen LogP contribution in [0.2, 0.25) is 0 Å². The summed E-state index contributed by atoms with van der Waals surface area (Å²) in [7, 11) is 1.20. The van der Waals surface area contributed by atoms with Crippen LogP contribution in [0.1, 0.15) is 35.8 Å². The van der Waals surface area contributed by atoms with Gasteiger partial charge in [0.15, 0.2) is 0 Å². The van der Waals surface area contributed by atoms with Crippen LogP contribution >= 0.6 is 0 Å². The fourth-order valence-electron chi connectivity index (χ4n) is 2.87. The number of piperidine rings is 1. The van der Waals surface area contributed by atoms with Crippen molar-refractivity contribution in [3.8, 4) is 0 Å². The van der Waals surface area contributed by atoms with E-state index < -0.39 is 10.9 Å². The van der Waals surface area contributed by atoms with Gasteiger partial charge in [0.1, 0.15) is 5.56 Å². The number of likely N-dealkylation sites (tertiary alicyclic amines) is 1. The Kier molecular flexibility index (Phi) is 5.49. The summed E-state index contributed by atoms with van der Waals surface area (Å²) in [5.41, 5.74) is 0.133. The van der Waals surface area contributed by atoms with Gasteiger partial charge >= 0.3 is 11.7 Å². The minimum absolute atomic E-state index is 0.0715. The first kappa shape index (κ1) is 17.1. The molecular formula is C15H22N4O4. The molecule has 1 saturated heterocycles. The molecule has 0 saturated carbocycles. The van der Waals surface area contributed by atoms with Crippen molar-refractivity contribution in [1.82, 2.24) is 9.88 Å². The van der Waals surface area contributed by atoms with Crippen molar-refractivity contribution in [1.29, 1.82) is 0 Å². The zero-order chi connectivity index (χ0) is 17.0. The van der Waals surface area contributed by atoms with Crippen molar-refractivity contribution in [2.45, 2.75) is 32.7 Å². The Hall–Kier alpha value is -2.22. The molecule has 0 bridgehead atoms. The largest absolute Gasteiger partial charge is 0.465 e. The van der Waals surface area contributed by atoms with E-state index in [4.69, 9.17) is 0 Å². The fraction of sp³-hybridized carbons (Fsp3) is 0.600. The third-order valence-electron chi connectivity index (χ3n) is 4.00. The van der Waals surface area contributed by atoms with Crippen molar-refractivity contribution in [2.24, 2.45) is 0 Å². The Morgan fingerprint density at radius 2 is 2.35 bits per heavy atom. The van der Waals surface area contributed by atoms with E-state index in [9.17, 15) is 14.9 Å². The van der Waals surface area contributed by atoms with Crippen LogP contribution in [0.5, 0.6) is 0 Å². The molecule has 8 nitrogen and oxygen atoms in total. The second-order valence-corrected chi connectivity index (χ2v) is 5.63. The van der Waals surface area contributed by atoms with Crippen molar-refractivity contribution in [2.75, 3.05) is 32.1 Å². The highest BCUT2D eigenvalue weighted by Gasteiger charge is 2.29. The summed E-state index contributed by atoms with van der Waals surface area (Å²) >= 11 is 0. The van der Waals surface area contributed by atoms with Gasteiger partial charge in [-0.25, -0.2) is 9.78 Å². The lowest BCUT2D eigenvalue weighted by Crippen LogP contribution is -2.42. The number of methoxy groups -OCH3 is 1. The average Bonchev–Trinajstić information content (AvgIpc) is 2.53. The van der Waals surface area contributed by atoms with E-state index in [1.807, 2.05) is 0 Å². The summed E-state index contributed by atoms with van der Waals surface area (Å²) < 4.78 is 4.65.